The number of hydrogen-bond donors (Lipinski definition) is 0. The summed E-state index contributed by atoms with van der Waals surface area (Å²) in [4.78, 5) is 0. The lowest BCUT2D eigenvalue weighted by Gasteiger charge is -2.45. The van der Waals surface area contributed by atoms with Gasteiger partial charge in [0, 0.05) is 0 Å². The van der Waals surface area contributed by atoms with Gasteiger partial charge in [0.1, 0.15) is 0 Å². The van der Waals surface area contributed by atoms with E-state index in [4.69, 9.17) is 4.43 Å². The van der Waals surface area contributed by atoms with Crippen LogP contribution in [0.15, 0.2) is 127 Å². The van der Waals surface area contributed by atoms with E-state index in [9.17, 15) is 0 Å². The molecule has 166 valence electrons. The van der Waals surface area contributed by atoms with Gasteiger partial charge in [-0.25, -0.2) is 0 Å². The number of benzene rings is 4. The fraction of sp³-hybridized carbons (Fsp3) is 0.161. The molecule has 0 radical (unpaired) electrons. The molecular weight excluding hydrogens is 416 g/mol. The lowest BCUT2D eigenvalue weighted by Crippen LogP contribution is -2.66. The molecule has 0 N–H and O–H groups in total. The summed E-state index contributed by atoms with van der Waals surface area (Å²) in [5.74, 6) is 0. The monoisotopic (exact) mass is 448 g/mol. The van der Waals surface area contributed by atoms with Crippen LogP contribution in [0.4, 0.5) is 0 Å². The summed E-state index contributed by atoms with van der Waals surface area (Å²) >= 11 is 0. The molecular formula is C31H32OSi. The summed E-state index contributed by atoms with van der Waals surface area (Å²) < 4.78 is 7.43. The van der Waals surface area contributed by atoms with Crippen LogP contribution in [0.3, 0.4) is 0 Å². The molecule has 2 heteroatoms. The Morgan fingerprint density at radius 3 is 1.48 bits per heavy atom. The van der Waals surface area contributed by atoms with Gasteiger partial charge in [0.2, 0.25) is 0 Å². The van der Waals surface area contributed by atoms with Crippen molar-refractivity contribution in [3.8, 4) is 0 Å². The first kappa shape index (κ1) is 23.0. The molecule has 0 fully saturated rings. The minimum absolute atomic E-state index is 0.0800. The molecule has 0 aliphatic rings. The van der Waals surface area contributed by atoms with Crippen LogP contribution in [-0.2, 0) is 4.43 Å². The van der Waals surface area contributed by atoms with E-state index in [2.05, 4.69) is 148 Å². The maximum atomic E-state index is 7.43. The molecule has 1 atom stereocenters. The Bertz CT molecular complexity index is 1110. The zero-order valence-corrected chi connectivity index (χ0v) is 20.7. The van der Waals surface area contributed by atoms with Crippen LogP contribution in [0.5, 0.6) is 0 Å². The van der Waals surface area contributed by atoms with Crippen LogP contribution in [0.1, 0.15) is 38.0 Å². The van der Waals surface area contributed by atoms with Gasteiger partial charge < -0.3 is 4.43 Å². The summed E-state index contributed by atoms with van der Waals surface area (Å²) in [5, 5.41) is 2.50. The van der Waals surface area contributed by atoms with Crippen LogP contribution in [-0.4, -0.2) is 8.32 Å². The third kappa shape index (κ3) is 5.08. The third-order valence-corrected chi connectivity index (χ3v) is 11.1. The van der Waals surface area contributed by atoms with Gasteiger partial charge in [-0.15, -0.1) is 0 Å². The lowest BCUT2D eigenvalue weighted by molar-refractivity contribution is 0.239. The molecule has 0 saturated heterocycles. The van der Waals surface area contributed by atoms with Crippen LogP contribution >= 0.6 is 0 Å². The van der Waals surface area contributed by atoms with Crippen molar-refractivity contribution in [1.82, 2.24) is 0 Å². The molecule has 0 amide bonds. The Balaban J connectivity index is 1.88. The van der Waals surface area contributed by atoms with Crippen molar-refractivity contribution in [1.29, 1.82) is 0 Å². The fourth-order valence-electron chi connectivity index (χ4n) is 4.51. The minimum Gasteiger partial charge on any atom is -0.397 e. The topological polar surface area (TPSA) is 9.23 Å². The van der Waals surface area contributed by atoms with Crippen molar-refractivity contribution in [2.75, 3.05) is 0 Å². The van der Waals surface area contributed by atoms with Crippen molar-refractivity contribution in [3.63, 3.8) is 0 Å². The van der Waals surface area contributed by atoms with Gasteiger partial charge in [-0.3, -0.25) is 0 Å². The minimum atomic E-state index is -2.68. The highest BCUT2D eigenvalue weighted by Gasteiger charge is 2.51. The van der Waals surface area contributed by atoms with E-state index >= 15 is 0 Å². The van der Waals surface area contributed by atoms with Gasteiger partial charge in [-0.05, 0) is 26.5 Å². The van der Waals surface area contributed by atoms with E-state index in [1.807, 2.05) is 6.07 Å². The quantitative estimate of drug-likeness (QED) is 0.276. The maximum absolute atomic E-state index is 7.43. The Labute approximate surface area is 199 Å². The summed E-state index contributed by atoms with van der Waals surface area (Å²) in [7, 11) is -2.68. The van der Waals surface area contributed by atoms with Crippen molar-refractivity contribution in [3.05, 3.63) is 139 Å². The third-order valence-electron chi connectivity index (χ3n) is 6.11. The first-order chi connectivity index (χ1) is 16.0. The SMILES string of the molecule is CC(C)(C)[Si](OC(/C=C/c1ccccc1)c1ccccc1)(c1ccccc1)c1ccccc1. The average Bonchev–Trinajstić information content (AvgIpc) is 2.86. The Kier molecular flexibility index (Phi) is 7.07. The molecule has 0 spiro atoms. The van der Waals surface area contributed by atoms with Crippen molar-refractivity contribution < 1.29 is 4.43 Å². The zero-order chi connectivity index (χ0) is 23.2. The van der Waals surface area contributed by atoms with Gasteiger partial charge in [0.05, 0.1) is 6.10 Å². The van der Waals surface area contributed by atoms with Gasteiger partial charge in [0.15, 0.2) is 0 Å². The normalized spacial score (nSPS) is 13.2. The van der Waals surface area contributed by atoms with E-state index in [1.165, 1.54) is 15.9 Å². The number of hydrogen-bond acceptors (Lipinski definition) is 1. The maximum Gasteiger partial charge on any atom is 0.262 e. The Morgan fingerprint density at radius 2 is 1.03 bits per heavy atom. The number of rotatable bonds is 7. The Hall–Kier alpha value is -3.20. The molecule has 1 unspecified atom stereocenters. The molecule has 1 nitrogen and oxygen atoms in total. The van der Waals surface area contributed by atoms with Crippen LogP contribution < -0.4 is 10.4 Å². The van der Waals surface area contributed by atoms with Gasteiger partial charge in [-0.1, -0.05) is 154 Å². The second kappa shape index (κ2) is 10.2. The van der Waals surface area contributed by atoms with Crippen molar-refractivity contribution in [2.24, 2.45) is 0 Å². The standard InChI is InChI=1S/C31H32OSi/c1-31(2,3)33(28-20-12-6-13-21-28,29-22-14-7-15-23-29)32-30(27-18-10-5-11-19-27)25-24-26-16-8-4-9-17-26/h4-25,30H,1-3H3/b25-24+. The predicted octanol–water partition coefficient (Wildman–Crippen LogP) is 7.02. The molecule has 0 aliphatic carbocycles. The summed E-state index contributed by atoms with van der Waals surface area (Å²) in [6.45, 7) is 6.96. The van der Waals surface area contributed by atoms with E-state index in [0.717, 1.165) is 5.56 Å². The van der Waals surface area contributed by atoms with Crippen molar-refractivity contribution >= 4 is 24.8 Å². The van der Waals surface area contributed by atoms with Crippen molar-refractivity contribution in [2.45, 2.75) is 31.9 Å². The molecule has 0 bridgehead atoms. The molecule has 4 rings (SSSR count). The first-order valence-corrected chi connectivity index (χ1v) is 13.5. The van der Waals surface area contributed by atoms with Crippen LogP contribution in [0, 0.1) is 0 Å². The summed E-state index contributed by atoms with van der Waals surface area (Å²) in [6.07, 6.45) is 4.22. The van der Waals surface area contributed by atoms with Gasteiger partial charge in [-0.2, -0.15) is 0 Å². The molecule has 4 aromatic rings. The second-order valence-electron chi connectivity index (χ2n) is 9.38. The van der Waals surface area contributed by atoms with Gasteiger partial charge >= 0.3 is 0 Å². The van der Waals surface area contributed by atoms with E-state index in [1.54, 1.807) is 0 Å². The molecule has 0 heterocycles. The highest BCUT2D eigenvalue weighted by molar-refractivity contribution is 6.99. The molecule has 4 aromatic carbocycles. The molecule has 0 aromatic heterocycles. The highest BCUT2D eigenvalue weighted by atomic mass is 28.4. The van der Waals surface area contributed by atoms with Crippen LogP contribution in [0.25, 0.3) is 6.08 Å². The smallest absolute Gasteiger partial charge is 0.262 e. The predicted molar refractivity (Wildman–Crippen MR) is 143 cm³/mol. The highest BCUT2D eigenvalue weighted by Crippen LogP contribution is 2.40. The largest absolute Gasteiger partial charge is 0.397 e. The average molecular weight is 449 g/mol. The molecule has 33 heavy (non-hydrogen) atoms. The molecule has 0 aliphatic heterocycles. The van der Waals surface area contributed by atoms with E-state index in [0.29, 0.717) is 0 Å². The van der Waals surface area contributed by atoms with E-state index < -0.39 is 8.32 Å². The lowest BCUT2D eigenvalue weighted by atomic mass is 10.1. The van der Waals surface area contributed by atoms with Crippen LogP contribution in [0.2, 0.25) is 5.04 Å². The summed E-state index contributed by atoms with van der Waals surface area (Å²) in [5.41, 5.74) is 2.34. The zero-order valence-electron chi connectivity index (χ0n) is 19.7. The molecule has 0 saturated carbocycles. The fourth-order valence-corrected chi connectivity index (χ4v) is 9.12. The van der Waals surface area contributed by atoms with E-state index in [-0.39, 0.29) is 11.1 Å². The Morgan fingerprint density at radius 1 is 0.606 bits per heavy atom. The van der Waals surface area contributed by atoms with Gasteiger partial charge in [0.25, 0.3) is 8.32 Å². The second-order valence-corrected chi connectivity index (χ2v) is 13.6. The first-order valence-electron chi connectivity index (χ1n) is 11.6. The summed E-state index contributed by atoms with van der Waals surface area (Å²) in [6, 6.07) is 42.7.